The van der Waals surface area contributed by atoms with Crippen molar-refractivity contribution in [1.82, 2.24) is 4.90 Å². The fraction of sp³-hybridized carbons (Fsp3) is 1.00. The van der Waals surface area contributed by atoms with Gasteiger partial charge in [-0.15, -0.1) is 0 Å². The monoisotopic (exact) mass is 211 g/mol. The first-order chi connectivity index (χ1) is 7.08. The maximum atomic E-state index is 10.0. The van der Waals surface area contributed by atoms with Crippen molar-refractivity contribution in [2.45, 2.75) is 64.5 Å². The number of likely N-dealkylation sites (tertiary alicyclic amines) is 1. The molecule has 2 atom stereocenters. The van der Waals surface area contributed by atoms with E-state index >= 15 is 0 Å². The number of rotatable bonds is 1. The molecule has 2 aliphatic rings. The van der Waals surface area contributed by atoms with Gasteiger partial charge in [-0.05, 0) is 37.6 Å². The number of nitrogens with zero attached hydrogens (tertiary/aromatic N) is 1. The van der Waals surface area contributed by atoms with Crippen molar-refractivity contribution < 1.29 is 5.11 Å². The molecule has 1 saturated heterocycles. The normalized spacial score (nSPS) is 37.8. The molecule has 0 spiro atoms. The topological polar surface area (TPSA) is 23.5 Å². The van der Waals surface area contributed by atoms with E-state index in [2.05, 4.69) is 18.7 Å². The lowest BCUT2D eigenvalue weighted by Gasteiger charge is -2.45. The Bertz CT molecular complexity index is 215. The van der Waals surface area contributed by atoms with Gasteiger partial charge >= 0.3 is 0 Å². The largest absolute Gasteiger partial charge is 0.391 e. The lowest BCUT2D eigenvalue weighted by Crippen LogP contribution is -2.51. The number of hydrogen-bond donors (Lipinski definition) is 1. The van der Waals surface area contributed by atoms with Crippen LogP contribution in [0, 0.1) is 5.41 Å². The first-order valence-corrected chi connectivity index (χ1v) is 6.51. The Labute approximate surface area is 93.7 Å². The van der Waals surface area contributed by atoms with Crippen molar-refractivity contribution in [3.8, 4) is 0 Å². The van der Waals surface area contributed by atoms with Crippen molar-refractivity contribution in [3.63, 3.8) is 0 Å². The molecule has 1 saturated carbocycles. The van der Waals surface area contributed by atoms with Crippen LogP contribution in [0.2, 0.25) is 0 Å². The Morgan fingerprint density at radius 2 is 1.87 bits per heavy atom. The van der Waals surface area contributed by atoms with Crippen LogP contribution in [0.4, 0.5) is 0 Å². The van der Waals surface area contributed by atoms with Gasteiger partial charge in [-0.3, -0.25) is 4.90 Å². The molecule has 1 heterocycles. The molecule has 2 fully saturated rings. The summed E-state index contributed by atoms with van der Waals surface area (Å²) in [4.78, 5) is 2.55. The summed E-state index contributed by atoms with van der Waals surface area (Å²) in [7, 11) is 0. The number of aliphatic hydroxyl groups is 1. The van der Waals surface area contributed by atoms with Gasteiger partial charge in [0.15, 0.2) is 0 Å². The van der Waals surface area contributed by atoms with Gasteiger partial charge in [0.25, 0.3) is 0 Å². The highest BCUT2D eigenvalue weighted by Crippen LogP contribution is 2.33. The van der Waals surface area contributed by atoms with Gasteiger partial charge in [-0.2, -0.15) is 0 Å². The molecule has 2 nitrogen and oxygen atoms in total. The van der Waals surface area contributed by atoms with Crippen LogP contribution in [0.25, 0.3) is 0 Å². The van der Waals surface area contributed by atoms with Crippen LogP contribution in [-0.4, -0.2) is 35.2 Å². The van der Waals surface area contributed by atoms with Crippen molar-refractivity contribution in [3.05, 3.63) is 0 Å². The van der Waals surface area contributed by atoms with E-state index in [1.807, 2.05) is 0 Å². The summed E-state index contributed by atoms with van der Waals surface area (Å²) < 4.78 is 0. The Morgan fingerprint density at radius 1 is 1.13 bits per heavy atom. The second-order valence-electron chi connectivity index (χ2n) is 6.16. The molecule has 1 aliphatic carbocycles. The van der Waals surface area contributed by atoms with Crippen LogP contribution in [-0.2, 0) is 0 Å². The van der Waals surface area contributed by atoms with Gasteiger partial charge in [-0.1, -0.05) is 26.7 Å². The Kier molecular flexibility index (Phi) is 3.36. The summed E-state index contributed by atoms with van der Waals surface area (Å²) in [6.07, 6.45) is 7.32. The van der Waals surface area contributed by atoms with Gasteiger partial charge in [0, 0.05) is 12.6 Å². The predicted molar refractivity (Wildman–Crippen MR) is 62.9 cm³/mol. The van der Waals surface area contributed by atoms with Gasteiger partial charge in [-0.25, -0.2) is 0 Å². The van der Waals surface area contributed by atoms with Gasteiger partial charge in [0.2, 0.25) is 0 Å². The van der Waals surface area contributed by atoms with E-state index in [1.165, 1.54) is 45.2 Å². The molecule has 0 aromatic carbocycles. The number of piperidine rings is 1. The Morgan fingerprint density at radius 3 is 2.53 bits per heavy atom. The fourth-order valence-electron chi connectivity index (χ4n) is 3.27. The summed E-state index contributed by atoms with van der Waals surface area (Å²) in [5.74, 6) is 0. The van der Waals surface area contributed by atoms with Crippen LogP contribution in [0.5, 0.6) is 0 Å². The summed E-state index contributed by atoms with van der Waals surface area (Å²) in [5, 5.41) is 10.0. The average Bonchev–Trinajstić information content (AvgIpc) is 2.17. The summed E-state index contributed by atoms with van der Waals surface area (Å²) in [6.45, 7) is 7.09. The predicted octanol–water partition coefficient (Wildman–Crippen LogP) is 2.41. The molecule has 1 aliphatic heterocycles. The number of aliphatic hydroxyl groups excluding tert-OH is 1. The first kappa shape index (κ1) is 11.4. The zero-order valence-electron chi connectivity index (χ0n) is 10.2. The molecule has 0 unspecified atom stereocenters. The van der Waals surface area contributed by atoms with Crippen molar-refractivity contribution in [2.24, 2.45) is 5.41 Å². The smallest absolute Gasteiger partial charge is 0.0695 e. The molecule has 0 bridgehead atoms. The zero-order valence-corrected chi connectivity index (χ0v) is 10.2. The highest BCUT2D eigenvalue weighted by Gasteiger charge is 2.34. The molecule has 88 valence electrons. The first-order valence-electron chi connectivity index (χ1n) is 6.51. The maximum Gasteiger partial charge on any atom is 0.0695 e. The van der Waals surface area contributed by atoms with Gasteiger partial charge in [0.05, 0.1) is 6.10 Å². The van der Waals surface area contributed by atoms with E-state index in [1.54, 1.807) is 0 Å². The van der Waals surface area contributed by atoms with Crippen LogP contribution >= 0.6 is 0 Å². The van der Waals surface area contributed by atoms with Crippen molar-refractivity contribution in [1.29, 1.82) is 0 Å². The minimum atomic E-state index is -0.0624. The van der Waals surface area contributed by atoms with Crippen molar-refractivity contribution >= 4 is 0 Å². The summed E-state index contributed by atoms with van der Waals surface area (Å²) in [5.41, 5.74) is 0.454. The highest BCUT2D eigenvalue weighted by molar-refractivity contribution is 4.88. The van der Waals surface area contributed by atoms with E-state index in [9.17, 15) is 5.11 Å². The molecular weight excluding hydrogens is 186 g/mol. The molecule has 2 rings (SSSR count). The molecule has 15 heavy (non-hydrogen) atoms. The van der Waals surface area contributed by atoms with E-state index in [4.69, 9.17) is 0 Å². The minimum Gasteiger partial charge on any atom is -0.391 e. The van der Waals surface area contributed by atoms with Gasteiger partial charge < -0.3 is 5.11 Å². The van der Waals surface area contributed by atoms with Gasteiger partial charge in [0.1, 0.15) is 0 Å². The molecule has 0 aromatic rings. The van der Waals surface area contributed by atoms with Crippen LogP contribution in [0.1, 0.15) is 52.4 Å². The third kappa shape index (κ3) is 2.73. The van der Waals surface area contributed by atoms with Crippen LogP contribution in [0.3, 0.4) is 0 Å². The molecule has 0 radical (unpaired) electrons. The third-order valence-corrected chi connectivity index (χ3v) is 4.09. The lowest BCUT2D eigenvalue weighted by molar-refractivity contribution is -0.0143. The zero-order chi connectivity index (χ0) is 10.9. The Hall–Kier alpha value is -0.0800. The maximum absolute atomic E-state index is 10.0. The van der Waals surface area contributed by atoms with Crippen LogP contribution in [0.15, 0.2) is 0 Å². The van der Waals surface area contributed by atoms with Crippen LogP contribution < -0.4 is 0 Å². The van der Waals surface area contributed by atoms with E-state index in [-0.39, 0.29) is 6.10 Å². The molecule has 0 aromatic heterocycles. The average molecular weight is 211 g/mol. The van der Waals surface area contributed by atoms with E-state index in [0.717, 1.165) is 6.42 Å². The second-order valence-corrected chi connectivity index (χ2v) is 6.16. The quantitative estimate of drug-likeness (QED) is 0.720. The molecule has 1 N–H and O–H groups in total. The van der Waals surface area contributed by atoms with E-state index < -0.39 is 0 Å². The molecule has 0 amide bonds. The molecular formula is C13H25NO. The standard InChI is InChI=1S/C13H25NO/c1-13(2)8-5-9-14(10-13)11-6-3-4-7-12(11)15/h11-12,15H,3-10H2,1-2H3/t11-,12-/m0/s1. The second kappa shape index (κ2) is 4.42. The fourth-order valence-corrected chi connectivity index (χ4v) is 3.27. The third-order valence-electron chi connectivity index (χ3n) is 4.09. The molecule has 2 heteroatoms. The SMILES string of the molecule is CC1(C)CCCN([C@H]2CCCC[C@@H]2O)C1. The highest BCUT2D eigenvalue weighted by atomic mass is 16.3. The van der Waals surface area contributed by atoms with E-state index in [0.29, 0.717) is 11.5 Å². The summed E-state index contributed by atoms with van der Waals surface area (Å²) >= 11 is 0. The van der Waals surface area contributed by atoms with Crippen molar-refractivity contribution in [2.75, 3.05) is 13.1 Å². The Balaban J connectivity index is 1.96. The lowest BCUT2D eigenvalue weighted by atomic mass is 9.81. The summed E-state index contributed by atoms with van der Waals surface area (Å²) in [6, 6.07) is 0.457. The number of hydrogen-bond acceptors (Lipinski definition) is 2. The minimum absolute atomic E-state index is 0.0624.